The van der Waals surface area contributed by atoms with Crippen molar-refractivity contribution in [1.29, 1.82) is 0 Å². The Morgan fingerprint density at radius 1 is 1.14 bits per heavy atom. The number of halogens is 2. The molecule has 3 heteroatoms. The van der Waals surface area contributed by atoms with Gasteiger partial charge in [-0.2, -0.15) is 0 Å². The molecule has 0 aromatic heterocycles. The Kier molecular flexibility index (Phi) is 6.88. The predicted molar refractivity (Wildman–Crippen MR) is 87.6 cm³/mol. The van der Waals surface area contributed by atoms with Crippen molar-refractivity contribution in [3.05, 3.63) is 35.6 Å². The van der Waals surface area contributed by atoms with Crippen molar-refractivity contribution in [2.45, 2.75) is 75.7 Å². The van der Waals surface area contributed by atoms with Crippen LogP contribution in [0.2, 0.25) is 18.1 Å². The fraction of sp³-hybridized carbons (Fsp3) is 0.667. The molecule has 0 amide bonds. The van der Waals surface area contributed by atoms with E-state index < -0.39 is 6.17 Å². The molecule has 1 aliphatic heterocycles. The molecule has 1 saturated heterocycles. The smallest absolute Gasteiger partial charge is 0.123 e. The summed E-state index contributed by atoms with van der Waals surface area (Å²) >= 11 is 0. The van der Waals surface area contributed by atoms with Crippen LogP contribution >= 0.6 is 0 Å². The van der Waals surface area contributed by atoms with Crippen LogP contribution < -0.4 is 0 Å². The van der Waals surface area contributed by atoms with Gasteiger partial charge in [-0.3, -0.25) is 0 Å². The van der Waals surface area contributed by atoms with E-state index in [0.29, 0.717) is 5.92 Å². The highest BCUT2D eigenvalue weighted by Gasteiger charge is 2.23. The van der Waals surface area contributed by atoms with Gasteiger partial charge in [0, 0.05) is 8.80 Å². The van der Waals surface area contributed by atoms with Crippen LogP contribution in [-0.2, 0) is 0 Å². The minimum atomic E-state index is -0.576. The van der Waals surface area contributed by atoms with Gasteiger partial charge >= 0.3 is 0 Å². The van der Waals surface area contributed by atoms with E-state index in [1.165, 1.54) is 36.5 Å². The van der Waals surface area contributed by atoms with Crippen LogP contribution in [-0.4, -0.2) is 15.0 Å². The Bertz CT molecular complexity index is 396. The normalized spacial score (nSPS) is 18.8. The molecule has 1 aromatic carbocycles. The van der Waals surface area contributed by atoms with Crippen molar-refractivity contribution in [2.24, 2.45) is 0 Å². The molecule has 1 fully saturated rings. The molecule has 1 radical (unpaired) electrons. The fourth-order valence-electron chi connectivity index (χ4n) is 3.38. The molecule has 117 valence electrons. The van der Waals surface area contributed by atoms with Gasteiger partial charge in [0.1, 0.15) is 12.0 Å². The number of hydrogen-bond donors (Lipinski definition) is 0. The zero-order chi connectivity index (χ0) is 15.1. The van der Waals surface area contributed by atoms with Gasteiger partial charge in [0.2, 0.25) is 0 Å². The van der Waals surface area contributed by atoms with Crippen LogP contribution in [0.5, 0.6) is 0 Å². The second-order valence-electron chi connectivity index (χ2n) is 6.35. The third kappa shape index (κ3) is 5.53. The van der Waals surface area contributed by atoms with Crippen molar-refractivity contribution in [3.63, 3.8) is 0 Å². The Balaban J connectivity index is 1.67. The third-order valence-corrected chi connectivity index (χ3v) is 7.74. The lowest BCUT2D eigenvalue weighted by atomic mass is 9.93. The van der Waals surface area contributed by atoms with Crippen molar-refractivity contribution in [2.75, 3.05) is 0 Å². The molecule has 1 heterocycles. The summed E-state index contributed by atoms with van der Waals surface area (Å²) in [7, 11) is -0.247. The van der Waals surface area contributed by atoms with E-state index in [2.05, 4.69) is 6.92 Å². The highest BCUT2D eigenvalue weighted by Crippen LogP contribution is 2.35. The molecule has 1 aromatic rings. The molecule has 0 nitrogen and oxygen atoms in total. The summed E-state index contributed by atoms with van der Waals surface area (Å²) in [5.41, 5.74) is 1.30. The zero-order valence-corrected chi connectivity index (χ0v) is 14.1. The Morgan fingerprint density at radius 3 is 2.43 bits per heavy atom. The minimum Gasteiger partial charge on any atom is -0.247 e. The van der Waals surface area contributed by atoms with Crippen molar-refractivity contribution < 1.29 is 8.78 Å². The Hall–Kier alpha value is -0.703. The summed E-state index contributed by atoms with van der Waals surface area (Å²) in [5, 5.41) is 0. The van der Waals surface area contributed by atoms with Gasteiger partial charge in [0.15, 0.2) is 0 Å². The molecule has 2 rings (SSSR count). The molecular weight excluding hydrogens is 282 g/mol. The van der Waals surface area contributed by atoms with Crippen molar-refractivity contribution >= 4 is 8.80 Å². The molecule has 1 atom stereocenters. The van der Waals surface area contributed by atoms with Crippen molar-refractivity contribution in [1.82, 2.24) is 0 Å². The summed E-state index contributed by atoms with van der Waals surface area (Å²) in [6, 6.07) is 11.0. The number of alkyl halides is 1. The van der Waals surface area contributed by atoms with E-state index in [1.54, 1.807) is 12.1 Å². The first-order chi connectivity index (χ1) is 10.2. The Labute approximate surface area is 129 Å². The van der Waals surface area contributed by atoms with E-state index in [0.717, 1.165) is 25.7 Å². The molecule has 21 heavy (non-hydrogen) atoms. The maximum Gasteiger partial charge on any atom is 0.123 e. The maximum atomic E-state index is 13.5. The molecule has 0 spiro atoms. The van der Waals surface area contributed by atoms with E-state index in [9.17, 15) is 8.78 Å². The first-order valence-corrected chi connectivity index (χ1v) is 10.5. The zero-order valence-electron chi connectivity index (χ0n) is 13.1. The summed E-state index contributed by atoms with van der Waals surface area (Å²) < 4.78 is 26.4. The average Bonchev–Trinajstić information content (AvgIpc) is 2.49. The molecule has 1 aliphatic rings. The fourth-order valence-corrected chi connectivity index (χ4v) is 6.34. The predicted octanol–water partition coefficient (Wildman–Crippen LogP) is 6.12. The summed E-state index contributed by atoms with van der Waals surface area (Å²) in [6.45, 7) is 2.05. The van der Waals surface area contributed by atoms with Crippen LogP contribution in [0.4, 0.5) is 8.78 Å². The number of hydrogen-bond acceptors (Lipinski definition) is 0. The van der Waals surface area contributed by atoms with E-state index >= 15 is 0 Å². The lowest BCUT2D eigenvalue weighted by Crippen LogP contribution is -2.20. The van der Waals surface area contributed by atoms with Gasteiger partial charge < -0.3 is 0 Å². The molecular formula is C18H27F2Si. The Morgan fingerprint density at radius 2 is 1.81 bits per heavy atom. The van der Waals surface area contributed by atoms with Crippen LogP contribution in [0.1, 0.15) is 56.9 Å². The molecule has 0 bridgehead atoms. The van der Waals surface area contributed by atoms with E-state index in [1.807, 2.05) is 12.1 Å². The SMILES string of the molecule is CCCC(F)CCC[Si]1CCC(c2ccc(F)cc2)CC1. The lowest BCUT2D eigenvalue weighted by molar-refractivity contribution is 0.291. The largest absolute Gasteiger partial charge is 0.247 e. The lowest BCUT2D eigenvalue weighted by Gasteiger charge is -2.28. The van der Waals surface area contributed by atoms with Crippen LogP contribution in [0.15, 0.2) is 24.3 Å². The first kappa shape index (κ1) is 16.7. The first-order valence-electron chi connectivity index (χ1n) is 8.42. The van der Waals surface area contributed by atoms with Gasteiger partial charge in [0.05, 0.1) is 0 Å². The third-order valence-electron chi connectivity index (χ3n) is 4.68. The maximum absolute atomic E-state index is 13.5. The van der Waals surface area contributed by atoms with E-state index in [4.69, 9.17) is 0 Å². The second-order valence-corrected chi connectivity index (χ2v) is 9.35. The highest BCUT2D eigenvalue weighted by atomic mass is 28.3. The average molecular weight is 309 g/mol. The molecule has 0 aliphatic carbocycles. The molecule has 0 saturated carbocycles. The summed E-state index contributed by atoms with van der Waals surface area (Å²) in [4.78, 5) is 0. The van der Waals surface area contributed by atoms with Gasteiger partial charge in [-0.15, -0.1) is 0 Å². The quantitative estimate of drug-likeness (QED) is 0.532. The van der Waals surface area contributed by atoms with Gasteiger partial charge in [-0.05, 0) is 49.3 Å². The minimum absolute atomic E-state index is 0.146. The summed E-state index contributed by atoms with van der Waals surface area (Å²) in [6.07, 6.45) is 5.45. The van der Waals surface area contributed by atoms with Gasteiger partial charge in [-0.25, -0.2) is 8.78 Å². The van der Waals surface area contributed by atoms with Crippen LogP contribution in [0.25, 0.3) is 0 Å². The second kappa shape index (κ2) is 8.67. The van der Waals surface area contributed by atoms with Crippen molar-refractivity contribution in [3.8, 4) is 0 Å². The molecule has 1 unspecified atom stereocenters. The standard InChI is InChI=1S/C18H27F2Si/c1-2-4-17(19)5-3-12-21-13-10-16(11-14-21)15-6-8-18(20)9-7-15/h6-9,16-17H,2-5,10-14H2,1H3. The number of rotatable bonds is 7. The van der Waals surface area contributed by atoms with Gasteiger partial charge in [-0.1, -0.05) is 50.0 Å². The molecule has 0 N–H and O–H groups in total. The number of benzene rings is 1. The monoisotopic (exact) mass is 309 g/mol. The summed E-state index contributed by atoms with van der Waals surface area (Å²) in [5.74, 6) is 0.473. The highest BCUT2D eigenvalue weighted by molar-refractivity contribution is 6.59. The topological polar surface area (TPSA) is 0 Å². The van der Waals surface area contributed by atoms with Crippen LogP contribution in [0.3, 0.4) is 0 Å². The van der Waals surface area contributed by atoms with Crippen LogP contribution in [0, 0.1) is 5.82 Å². The van der Waals surface area contributed by atoms with E-state index in [-0.39, 0.29) is 14.6 Å². The van der Waals surface area contributed by atoms with Gasteiger partial charge in [0.25, 0.3) is 0 Å².